The van der Waals surface area contributed by atoms with Crippen LogP contribution in [-0.4, -0.2) is 19.2 Å². The molecule has 1 N–H and O–H groups in total. The van der Waals surface area contributed by atoms with Crippen molar-refractivity contribution in [2.45, 2.75) is 6.18 Å². The largest absolute Gasteiger partial charge is 0.496 e. The molecule has 0 saturated carbocycles. The predicted octanol–water partition coefficient (Wildman–Crippen LogP) is 4.45. The fourth-order valence-corrected chi connectivity index (χ4v) is 2.20. The first kappa shape index (κ1) is 15.4. The third-order valence-electron chi connectivity index (χ3n) is 2.87. The van der Waals surface area contributed by atoms with Gasteiger partial charge in [0, 0.05) is 0 Å². The van der Waals surface area contributed by atoms with Crippen molar-refractivity contribution >= 4 is 12.2 Å². The number of hydrogen-bond donors (Lipinski definition) is 1. The van der Waals surface area contributed by atoms with Gasteiger partial charge < -0.3 is 14.5 Å². The second kappa shape index (κ2) is 5.77. The number of pyridine rings is 1. The minimum Gasteiger partial charge on any atom is -0.496 e. The van der Waals surface area contributed by atoms with E-state index in [1.54, 1.807) is 18.2 Å². The lowest BCUT2D eigenvalue weighted by Gasteiger charge is -2.15. The minimum absolute atomic E-state index is 0.0206. The molecule has 21 heavy (non-hydrogen) atoms. The number of nitrogens with one attached hydrogen (secondary N) is 1. The minimum atomic E-state index is -4.48. The number of halogens is 3. The Kier molecular flexibility index (Phi) is 4.22. The molecule has 112 valence electrons. The number of ether oxygens (including phenoxy) is 2. The summed E-state index contributed by atoms with van der Waals surface area (Å²) in [6.45, 7) is 0. The number of aromatic nitrogens is 1. The summed E-state index contributed by atoms with van der Waals surface area (Å²) < 4.78 is 49.1. The van der Waals surface area contributed by atoms with E-state index in [1.807, 2.05) is 0 Å². The summed E-state index contributed by atoms with van der Waals surface area (Å²) in [5, 5.41) is 0. The van der Waals surface area contributed by atoms with Crippen LogP contribution in [0.15, 0.2) is 30.3 Å². The van der Waals surface area contributed by atoms with E-state index >= 15 is 0 Å². The maximum Gasteiger partial charge on any atom is 0.416 e. The number of methoxy groups -OCH3 is 2. The molecule has 0 unspecified atom stereocenters. The molecule has 0 atom stereocenters. The predicted molar refractivity (Wildman–Crippen MR) is 75.2 cm³/mol. The van der Waals surface area contributed by atoms with Gasteiger partial charge in [0.1, 0.15) is 16.1 Å². The van der Waals surface area contributed by atoms with Crippen molar-refractivity contribution in [2.75, 3.05) is 14.2 Å². The molecule has 3 nitrogen and oxygen atoms in total. The van der Waals surface area contributed by atoms with Gasteiger partial charge in [0.15, 0.2) is 0 Å². The Bertz CT molecular complexity index is 688. The quantitative estimate of drug-likeness (QED) is 0.850. The molecule has 0 aliphatic heterocycles. The number of rotatable bonds is 3. The zero-order valence-electron chi connectivity index (χ0n) is 11.2. The first-order chi connectivity index (χ1) is 9.86. The van der Waals surface area contributed by atoms with Crippen molar-refractivity contribution in [3.05, 3.63) is 40.5 Å². The van der Waals surface area contributed by atoms with Gasteiger partial charge in [0.2, 0.25) is 0 Å². The number of aromatic amines is 1. The standard InChI is InChI=1S/C14H12F3NO2S/c1-19-10-4-3-5-11(20-2)13(10)9-6-8(14(15,16)17)7-12(21)18-9/h3-7H,1-2H3,(H,18,21). The van der Waals surface area contributed by atoms with Crippen LogP contribution in [0.1, 0.15) is 5.56 Å². The highest BCUT2D eigenvalue weighted by Gasteiger charge is 2.31. The monoisotopic (exact) mass is 315 g/mol. The van der Waals surface area contributed by atoms with Crippen LogP contribution in [0.5, 0.6) is 11.5 Å². The molecule has 1 heterocycles. The molecule has 0 bridgehead atoms. The summed E-state index contributed by atoms with van der Waals surface area (Å²) in [6, 6.07) is 6.81. The van der Waals surface area contributed by atoms with Crippen molar-refractivity contribution in [2.24, 2.45) is 0 Å². The Morgan fingerprint density at radius 1 is 1.05 bits per heavy atom. The zero-order chi connectivity index (χ0) is 15.6. The molecule has 0 spiro atoms. The fraction of sp³-hybridized carbons (Fsp3) is 0.214. The highest BCUT2D eigenvalue weighted by atomic mass is 32.1. The van der Waals surface area contributed by atoms with Crippen LogP contribution in [0.2, 0.25) is 0 Å². The van der Waals surface area contributed by atoms with E-state index < -0.39 is 11.7 Å². The fourth-order valence-electron chi connectivity index (χ4n) is 1.96. The van der Waals surface area contributed by atoms with Crippen LogP contribution in [0, 0.1) is 4.64 Å². The van der Waals surface area contributed by atoms with Gasteiger partial charge in [-0.2, -0.15) is 13.2 Å². The first-order valence-corrected chi connectivity index (χ1v) is 6.30. The summed E-state index contributed by atoms with van der Waals surface area (Å²) in [4.78, 5) is 2.74. The summed E-state index contributed by atoms with van der Waals surface area (Å²) in [5.74, 6) is 0.777. The Hall–Kier alpha value is -2.02. The topological polar surface area (TPSA) is 34.2 Å². The van der Waals surface area contributed by atoms with E-state index in [0.29, 0.717) is 17.1 Å². The highest BCUT2D eigenvalue weighted by molar-refractivity contribution is 7.71. The maximum absolute atomic E-state index is 12.9. The molecule has 1 aromatic carbocycles. The Morgan fingerprint density at radius 2 is 1.62 bits per heavy atom. The lowest BCUT2D eigenvalue weighted by molar-refractivity contribution is -0.137. The van der Waals surface area contributed by atoms with Crippen LogP contribution in [0.3, 0.4) is 0 Å². The van der Waals surface area contributed by atoms with Crippen LogP contribution in [-0.2, 0) is 6.18 Å². The second-order valence-corrected chi connectivity index (χ2v) is 4.62. The van der Waals surface area contributed by atoms with Gasteiger partial charge in [0.25, 0.3) is 0 Å². The lowest BCUT2D eigenvalue weighted by Crippen LogP contribution is -2.06. The maximum atomic E-state index is 12.9. The lowest BCUT2D eigenvalue weighted by atomic mass is 10.1. The van der Waals surface area contributed by atoms with E-state index in [2.05, 4.69) is 4.98 Å². The van der Waals surface area contributed by atoms with Gasteiger partial charge in [-0.1, -0.05) is 18.3 Å². The van der Waals surface area contributed by atoms with E-state index in [4.69, 9.17) is 21.7 Å². The van der Waals surface area contributed by atoms with Gasteiger partial charge in [-0.15, -0.1) is 0 Å². The Labute approximate surface area is 124 Å². The van der Waals surface area contributed by atoms with Crippen molar-refractivity contribution < 1.29 is 22.6 Å². The van der Waals surface area contributed by atoms with Crippen molar-refractivity contribution in [3.63, 3.8) is 0 Å². The summed E-state index contributed by atoms with van der Waals surface area (Å²) in [5.41, 5.74) is -0.252. The van der Waals surface area contributed by atoms with Crippen LogP contribution in [0.25, 0.3) is 11.3 Å². The average molecular weight is 315 g/mol. The first-order valence-electron chi connectivity index (χ1n) is 5.89. The number of hydrogen-bond acceptors (Lipinski definition) is 3. The van der Waals surface area contributed by atoms with Gasteiger partial charge in [0.05, 0.1) is 31.0 Å². The van der Waals surface area contributed by atoms with Gasteiger partial charge in [-0.05, 0) is 24.3 Å². The van der Waals surface area contributed by atoms with E-state index in [1.165, 1.54) is 14.2 Å². The van der Waals surface area contributed by atoms with E-state index in [9.17, 15) is 13.2 Å². The number of benzene rings is 1. The van der Waals surface area contributed by atoms with E-state index in [-0.39, 0.29) is 10.3 Å². The molecular weight excluding hydrogens is 303 g/mol. The molecular formula is C14H12F3NO2S. The molecule has 7 heteroatoms. The highest BCUT2D eigenvalue weighted by Crippen LogP contribution is 2.39. The molecule has 2 rings (SSSR count). The van der Waals surface area contributed by atoms with Crippen molar-refractivity contribution in [3.8, 4) is 22.8 Å². The smallest absolute Gasteiger partial charge is 0.416 e. The third kappa shape index (κ3) is 3.18. The van der Waals surface area contributed by atoms with E-state index in [0.717, 1.165) is 12.1 Å². The summed E-state index contributed by atoms with van der Waals surface area (Å²) >= 11 is 4.88. The molecule has 1 aromatic heterocycles. The van der Waals surface area contributed by atoms with Crippen molar-refractivity contribution in [1.82, 2.24) is 4.98 Å². The second-order valence-electron chi connectivity index (χ2n) is 4.18. The number of alkyl halides is 3. The summed E-state index contributed by atoms with van der Waals surface area (Å²) in [6.07, 6.45) is -4.48. The molecule has 2 aromatic rings. The number of H-pyrrole nitrogens is 1. The average Bonchev–Trinajstić information content (AvgIpc) is 2.44. The molecule has 0 aliphatic carbocycles. The molecule has 0 aliphatic rings. The van der Waals surface area contributed by atoms with Gasteiger partial charge in [-0.3, -0.25) is 0 Å². The SMILES string of the molecule is COc1cccc(OC)c1-c1cc(C(F)(F)F)cc(=S)[nH]1. The van der Waals surface area contributed by atoms with Crippen molar-refractivity contribution in [1.29, 1.82) is 0 Å². The third-order valence-corrected chi connectivity index (χ3v) is 3.09. The van der Waals surface area contributed by atoms with Gasteiger partial charge >= 0.3 is 6.18 Å². The Morgan fingerprint density at radius 3 is 2.10 bits per heavy atom. The van der Waals surface area contributed by atoms with Crippen LogP contribution in [0.4, 0.5) is 13.2 Å². The summed E-state index contributed by atoms with van der Waals surface area (Å²) in [7, 11) is 2.86. The zero-order valence-corrected chi connectivity index (χ0v) is 12.1. The molecule has 0 saturated heterocycles. The van der Waals surface area contributed by atoms with Crippen LogP contribution >= 0.6 is 12.2 Å². The van der Waals surface area contributed by atoms with Gasteiger partial charge in [-0.25, -0.2) is 0 Å². The molecule has 0 radical (unpaired) electrons. The van der Waals surface area contributed by atoms with Crippen LogP contribution < -0.4 is 9.47 Å². The normalized spacial score (nSPS) is 11.3. The molecule has 0 amide bonds. The Balaban J connectivity index is 2.73. The molecule has 0 fully saturated rings.